The van der Waals surface area contributed by atoms with Crippen LogP contribution in [0.25, 0.3) is 0 Å². The van der Waals surface area contributed by atoms with Crippen LogP contribution < -0.4 is 15.5 Å². The number of piperidine rings is 2. The molecule has 27 heavy (non-hydrogen) atoms. The highest BCUT2D eigenvalue weighted by Crippen LogP contribution is 2.21. The minimum Gasteiger partial charge on any atom is -0.371 e. The van der Waals surface area contributed by atoms with E-state index in [0.29, 0.717) is 12.5 Å². The molecule has 6 nitrogen and oxygen atoms in total. The fraction of sp³-hybridized carbons (Fsp3) is 0.524. The van der Waals surface area contributed by atoms with Crippen LogP contribution >= 0.6 is 0 Å². The molecule has 2 aliphatic rings. The molecule has 2 aromatic rings. The van der Waals surface area contributed by atoms with E-state index in [-0.39, 0.29) is 11.9 Å². The van der Waals surface area contributed by atoms with Crippen LogP contribution in [0.4, 0.5) is 5.69 Å². The fourth-order valence-corrected chi connectivity index (χ4v) is 4.13. The highest BCUT2D eigenvalue weighted by atomic mass is 16.2. The maximum atomic E-state index is 12.4. The van der Waals surface area contributed by atoms with Gasteiger partial charge in [0.1, 0.15) is 6.54 Å². The lowest BCUT2D eigenvalue weighted by Gasteiger charge is -2.34. The topological polar surface area (TPSA) is 62.2 Å². The van der Waals surface area contributed by atoms with Gasteiger partial charge in [0.15, 0.2) is 0 Å². The first-order chi connectivity index (χ1) is 13.3. The van der Waals surface area contributed by atoms with Gasteiger partial charge in [0.2, 0.25) is 5.91 Å². The van der Waals surface area contributed by atoms with Crippen molar-refractivity contribution in [3.8, 4) is 0 Å². The summed E-state index contributed by atoms with van der Waals surface area (Å²) in [6, 6.07) is 12.8. The number of benzene rings is 1. The first kappa shape index (κ1) is 18.0. The normalized spacial score (nSPS) is 21.2. The van der Waals surface area contributed by atoms with Crippen molar-refractivity contribution in [1.82, 2.24) is 20.4 Å². The Hall–Kier alpha value is -2.34. The van der Waals surface area contributed by atoms with Crippen LogP contribution in [-0.4, -0.2) is 47.9 Å². The Kier molecular flexibility index (Phi) is 5.72. The summed E-state index contributed by atoms with van der Waals surface area (Å²) in [7, 11) is 0. The van der Waals surface area contributed by atoms with Gasteiger partial charge in [-0.25, -0.2) is 0 Å². The van der Waals surface area contributed by atoms with Crippen LogP contribution in [0, 0.1) is 0 Å². The molecular weight excluding hydrogens is 338 g/mol. The number of para-hydroxylation sites is 1. The van der Waals surface area contributed by atoms with Crippen LogP contribution in [0.15, 0.2) is 42.6 Å². The van der Waals surface area contributed by atoms with Crippen molar-refractivity contribution < 1.29 is 4.79 Å². The van der Waals surface area contributed by atoms with Gasteiger partial charge in [-0.3, -0.25) is 9.48 Å². The van der Waals surface area contributed by atoms with E-state index in [1.54, 1.807) is 4.68 Å². The third-order valence-corrected chi connectivity index (χ3v) is 5.66. The van der Waals surface area contributed by atoms with Crippen molar-refractivity contribution in [1.29, 1.82) is 0 Å². The molecule has 0 spiro atoms. The number of carbonyl (C=O) groups is 1. The van der Waals surface area contributed by atoms with E-state index in [1.165, 1.54) is 18.5 Å². The van der Waals surface area contributed by atoms with E-state index in [9.17, 15) is 4.79 Å². The number of anilines is 1. The second-order valence-electron chi connectivity index (χ2n) is 7.65. The van der Waals surface area contributed by atoms with E-state index >= 15 is 0 Å². The molecule has 0 saturated carbocycles. The molecule has 2 saturated heterocycles. The first-order valence-electron chi connectivity index (χ1n) is 10.1. The Balaban J connectivity index is 1.24. The van der Waals surface area contributed by atoms with E-state index in [1.807, 2.05) is 12.3 Å². The van der Waals surface area contributed by atoms with Gasteiger partial charge in [0.25, 0.3) is 0 Å². The first-order valence-corrected chi connectivity index (χ1v) is 10.1. The highest BCUT2D eigenvalue weighted by Gasteiger charge is 2.22. The monoisotopic (exact) mass is 367 g/mol. The summed E-state index contributed by atoms with van der Waals surface area (Å²) in [5.74, 6) is 0.537. The molecule has 2 aliphatic heterocycles. The van der Waals surface area contributed by atoms with Crippen LogP contribution in [0.3, 0.4) is 0 Å². The number of carbonyl (C=O) groups excluding carboxylic acids is 1. The van der Waals surface area contributed by atoms with E-state index in [2.05, 4.69) is 51.0 Å². The van der Waals surface area contributed by atoms with Gasteiger partial charge in [-0.05, 0) is 50.4 Å². The summed E-state index contributed by atoms with van der Waals surface area (Å²) in [6.45, 7) is 4.36. The van der Waals surface area contributed by atoms with Gasteiger partial charge in [0.05, 0.1) is 5.69 Å². The third kappa shape index (κ3) is 4.69. The van der Waals surface area contributed by atoms with Crippen molar-refractivity contribution in [3.05, 3.63) is 48.3 Å². The lowest BCUT2D eigenvalue weighted by atomic mass is 9.97. The molecule has 4 rings (SSSR count). The van der Waals surface area contributed by atoms with Crippen LogP contribution in [0.2, 0.25) is 0 Å². The average Bonchev–Trinajstić information content (AvgIpc) is 3.18. The second kappa shape index (κ2) is 8.57. The molecule has 6 heteroatoms. The zero-order valence-corrected chi connectivity index (χ0v) is 15.8. The zero-order valence-electron chi connectivity index (χ0n) is 15.8. The standard InChI is InChI=1S/C21H29N5O/c27-21(16-26-14-10-20(24-26)17-5-4-11-22-15-17)23-18-8-12-25(13-9-18)19-6-2-1-3-7-19/h1-3,6-7,10,14,17-18,22H,4-5,8-9,11-13,15-16H2,(H,23,27)/t17-/m0/s1. The van der Waals surface area contributed by atoms with Gasteiger partial charge in [-0.15, -0.1) is 0 Å². The van der Waals surface area contributed by atoms with Crippen molar-refractivity contribution >= 4 is 11.6 Å². The molecular formula is C21H29N5O. The Bertz CT molecular complexity index is 730. The Morgan fingerprint density at radius 3 is 2.70 bits per heavy atom. The lowest BCUT2D eigenvalue weighted by molar-refractivity contribution is -0.122. The van der Waals surface area contributed by atoms with E-state index in [4.69, 9.17) is 0 Å². The summed E-state index contributed by atoms with van der Waals surface area (Å²) in [5, 5.41) is 11.2. The Labute approximate surface area is 160 Å². The van der Waals surface area contributed by atoms with E-state index < -0.39 is 0 Å². The second-order valence-corrected chi connectivity index (χ2v) is 7.65. The van der Waals surface area contributed by atoms with Gasteiger partial charge >= 0.3 is 0 Å². The molecule has 144 valence electrons. The number of hydrogen-bond donors (Lipinski definition) is 2. The smallest absolute Gasteiger partial charge is 0.241 e. The third-order valence-electron chi connectivity index (χ3n) is 5.66. The maximum Gasteiger partial charge on any atom is 0.241 e. The number of nitrogens with zero attached hydrogens (tertiary/aromatic N) is 3. The molecule has 0 radical (unpaired) electrons. The van der Waals surface area contributed by atoms with Crippen molar-refractivity contribution in [2.24, 2.45) is 0 Å². The molecule has 1 aromatic heterocycles. The summed E-state index contributed by atoms with van der Waals surface area (Å²) in [4.78, 5) is 14.8. The average molecular weight is 367 g/mol. The number of aromatic nitrogens is 2. The van der Waals surface area contributed by atoms with Crippen LogP contribution in [0.5, 0.6) is 0 Å². The molecule has 1 aromatic carbocycles. The summed E-state index contributed by atoms with van der Waals surface area (Å²) in [6.07, 6.45) is 6.27. The Morgan fingerprint density at radius 1 is 1.15 bits per heavy atom. The van der Waals surface area contributed by atoms with Crippen LogP contribution in [-0.2, 0) is 11.3 Å². The largest absolute Gasteiger partial charge is 0.371 e. The minimum absolute atomic E-state index is 0.0598. The summed E-state index contributed by atoms with van der Waals surface area (Å²) in [5.41, 5.74) is 2.37. The summed E-state index contributed by atoms with van der Waals surface area (Å²) < 4.78 is 1.78. The molecule has 2 N–H and O–H groups in total. The number of rotatable bonds is 5. The van der Waals surface area contributed by atoms with Crippen LogP contribution in [0.1, 0.15) is 37.3 Å². The molecule has 2 fully saturated rings. The summed E-state index contributed by atoms with van der Waals surface area (Å²) >= 11 is 0. The Morgan fingerprint density at radius 2 is 1.96 bits per heavy atom. The molecule has 0 aliphatic carbocycles. The SMILES string of the molecule is O=C(Cn1ccc([C@H]2CCCNC2)n1)NC1CCN(c2ccccc2)CC1. The molecule has 0 unspecified atom stereocenters. The minimum atomic E-state index is 0.0598. The molecule has 3 heterocycles. The fourth-order valence-electron chi connectivity index (χ4n) is 4.13. The molecule has 0 bridgehead atoms. The zero-order chi connectivity index (χ0) is 18.5. The lowest BCUT2D eigenvalue weighted by Crippen LogP contribution is -2.45. The van der Waals surface area contributed by atoms with Crippen molar-refractivity contribution in [2.75, 3.05) is 31.1 Å². The maximum absolute atomic E-state index is 12.4. The van der Waals surface area contributed by atoms with Gasteiger partial charge < -0.3 is 15.5 Å². The molecule has 1 atom stereocenters. The van der Waals surface area contributed by atoms with Gasteiger partial charge in [0, 0.05) is 43.5 Å². The number of amides is 1. The highest BCUT2D eigenvalue weighted by molar-refractivity contribution is 5.76. The van der Waals surface area contributed by atoms with Crippen molar-refractivity contribution in [3.63, 3.8) is 0 Å². The quantitative estimate of drug-likeness (QED) is 0.850. The predicted octanol–water partition coefficient (Wildman–Crippen LogP) is 2.14. The van der Waals surface area contributed by atoms with Gasteiger partial charge in [-0.1, -0.05) is 18.2 Å². The number of nitrogens with one attached hydrogen (secondary N) is 2. The van der Waals surface area contributed by atoms with E-state index in [0.717, 1.165) is 44.7 Å². The predicted molar refractivity (Wildman–Crippen MR) is 107 cm³/mol. The molecule has 1 amide bonds. The van der Waals surface area contributed by atoms with Crippen molar-refractivity contribution in [2.45, 2.75) is 44.2 Å². The van der Waals surface area contributed by atoms with Gasteiger partial charge in [-0.2, -0.15) is 5.10 Å². The number of hydrogen-bond acceptors (Lipinski definition) is 4.